The highest BCUT2D eigenvalue weighted by atomic mass is 35.5. The van der Waals surface area contributed by atoms with E-state index in [0.29, 0.717) is 23.7 Å². The minimum Gasteiger partial charge on any atom is -0.325 e. The third kappa shape index (κ3) is 8.30. The second-order valence-electron chi connectivity index (χ2n) is 7.24. The molecule has 0 amide bonds. The SMILES string of the molecule is Cl.Fc1cc(-c2ccc(C(F)(F)F)cn2)cc(Cl)n1.NCc1cc(-c2ccc(C(F)(F)F)cn2)cc(F)n1. The largest absolute Gasteiger partial charge is 0.417 e. The minimum absolute atomic E-state index is 0. The molecule has 4 rings (SSSR count). The molecule has 0 saturated heterocycles. The van der Waals surface area contributed by atoms with Gasteiger partial charge in [-0.05, 0) is 36.4 Å². The van der Waals surface area contributed by atoms with Crippen LogP contribution >= 0.6 is 24.0 Å². The Morgan fingerprint density at radius 2 is 1.13 bits per heavy atom. The lowest BCUT2D eigenvalue weighted by Gasteiger charge is -2.07. The molecule has 0 aliphatic carbocycles. The van der Waals surface area contributed by atoms with Crippen LogP contribution in [0, 0.1) is 11.9 Å². The molecule has 0 spiro atoms. The first-order chi connectivity index (χ1) is 17.3. The number of alkyl halides is 6. The van der Waals surface area contributed by atoms with Gasteiger partial charge in [-0.3, -0.25) is 9.97 Å². The van der Waals surface area contributed by atoms with E-state index in [0.717, 1.165) is 30.3 Å². The van der Waals surface area contributed by atoms with Gasteiger partial charge < -0.3 is 5.73 Å². The smallest absolute Gasteiger partial charge is 0.325 e. The van der Waals surface area contributed by atoms with Gasteiger partial charge in [0.25, 0.3) is 0 Å². The van der Waals surface area contributed by atoms with E-state index in [1.54, 1.807) is 0 Å². The number of halogens is 10. The van der Waals surface area contributed by atoms with Crippen LogP contribution in [0.1, 0.15) is 16.8 Å². The zero-order valence-corrected chi connectivity index (χ0v) is 20.2. The molecule has 15 heteroatoms. The molecular weight excluding hydrogens is 569 g/mol. The Balaban J connectivity index is 0.000000260. The van der Waals surface area contributed by atoms with Crippen molar-refractivity contribution in [1.29, 1.82) is 0 Å². The highest BCUT2D eigenvalue weighted by Gasteiger charge is 2.31. The Labute approximate surface area is 221 Å². The van der Waals surface area contributed by atoms with E-state index in [2.05, 4.69) is 19.9 Å². The van der Waals surface area contributed by atoms with Crippen molar-refractivity contribution >= 4 is 24.0 Å². The summed E-state index contributed by atoms with van der Waals surface area (Å²) in [7, 11) is 0. The highest BCUT2D eigenvalue weighted by Crippen LogP contribution is 2.31. The summed E-state index contributed by atoms with van der Waals surface area (Å²) >= 11 is 5.54. The summed E-state index contributed by atoms with van der Waals surface area (Å²) in [5, 5.41) is -0.0910. The fourth-order valence-electron chi connectivity index (χ4n) is 2.88. The number of hydrogen-bond acceptors (Lipinski definition) is 5. The van der Waals surface area contributed by atoms with E-state index in [4.69, 9.17) is 17.3 Å². The highest BCUT2D eigenvalue weighted by molar-refractivity contribution is 6.29. The summed E-state index contributed by atoms with van der Waals surface area (Å²) < 4.78 is 100. The molecule has 0 radical (unpaired) electrons. The molecule has 2 N–H and O–H groups in total. The second kappa shape index (κ2) is 12.4. The average Bonchev–Trinajstić information content (AvgIpc) is 2.82. The number of hydrogen-bond donors (Lipinski definition) is 1. The summed E-state index contributed by atoms with van der Waals surface area (Å²) in [6.45, 7) is 0.0331. The predicted molar refractivity (Wildman–Crippen MR) is 125 cm³/mol. The normalized spacial score (nSPS) is 11.3. The van der Waals surface area contributed by atoms with Crippen LogP contribution in [0.15, 0.2) is 60.9 Å². The first-order valence-corrected chi connectivity index (χ1v) is 10.4. The fourth-order valence-corrected chi connectivity index (χ4v) is 3.08. The van der Waals surface area contributed by atoms with E-state index in [1.165, 1.54) is 18.2 Å². The van der Waals surface area contributed by atoms with E-state index >= 15 is 0 Å². The maximum Gasteiger partial charge on any atom is 0.417 e. The molecule has 38 heavy (non-hydrogen) atoms. The molecule has 0 unspecified atom stereocenters. The van der Waals surface area contributed by atoms with E-state index in [-0.39, 0.29) is 41.1 Å². The zero-order valence-electron chi connectivity index (χ0n) is 18.7. The zero-order chi connectivity index (χ0) is 27.4. The predicted octanol–water partition coefficient (Wildman–Crippen LogP) is 7.14. The Morgan fingerprint density at radius 3 is 1.50 bits per heavy atom. The molecule has 0 atom stereocenters. The molecule has 0 bridgehead atoms. The lowest BCUT2D eigenvalue weighted by atomic mass is 10.1. The van der Waals surface area contributed by atoms with Gasteiger partial charge in [-0.2, -0.15) is 35.1 Å². The van der Waals surface area contributed by atoms with Gasteiger partial charge in [0.15, 0.2) is 0 Å². The topological polar surface area (TPSA) is 77.6 Å². The van der Waals surface area contributed by atoms with Crippen molar-refractivity contribution in [2.24, 2.45) is 5.73 Å². The van der Waals surface area contributed by atoms with Crippen LogP contribution in [0.3, 0.4) is 0 Å². The Kier molecular flexibility index (Phi) is 10.1. The first-order valence-electron chi connectivity index (χ1n) is 10.0. The molecule has 0 aliphatic rings. The number of rotatable bonds is 3. The van der Waals surface area contributed by atoms with Crippen LogP contribution in [-0.4, -0.2) is 19.9 Å². The molecule has 202 valence electrons. The standard InChI is InChI=1S/C12H9F4N3.C11H5ClF4N2.ClH/c13-11-4-7(3-9(5-17)19-11)10-2-1-8(6-18-10)12(14,15)16;12-9-3-6(4-10(13)18-9)8-2-1-7(5-17-8)11(14,15)16;/h1-4,6H,5,17H2;1-5H;1H. The molecule has 0 saturated carbocycles. The van der Waals surface area contributed by atoms with Crippen LogP contribution in [0.25, 0.3) is 22.5 Å². The monoisotopic (exact) mass is 583 g/mol. The molecule has 0 aliphatic heterocycles. The third-order valence-corrected chi connectivity index (χ3v) is 4.79. The van der Waals surface area contributed by atoms with Crippen molar-refractivity contribution in [2.45, 2.75) is 18.9 Å². The lowest BCUT2D eigenvalue weighted by molar-refractivity contribution is -0.138. The van der Waals surface area contributed by atoms with Crippen LogP contribution in [-0.2, 0) is 18.9 Å². The van der Waals surface area contributed by atoms with Crippen molar-refractivity contribution in [1.82, 2.24) is 19.9 Å². The van der Waals surface area contributed by atoms with Crippen LogP contribution in [0.2, 0.25) is 5.15 Å². The fraction of sp³-hybridized carbons (Fsp3) is 0.130. The van der Waals surface area contributed by atoms with Crippen LogP contribution in [0.5, 0.6) is 0 Å². The van der Waals surface area contributed by atoms with Crippen molar-refractivity contribution in [3.63, 3.8) is 0 Å². The summed E-state index contributed by atoms with van der Waals surface area (Å²) in [5.74, 6) is -1.57. The minimum atomic E-state index is -4.45. The quantitative estimate of drug-likeness (QED) is 0.205. The molecular formula is C23H15Cl2F8N5. The van der Waals surface area contributed by atoms with Crippen molar-refractivity contribution in [3.05, 3.63) is 94.8 Å². The van der Waals surface area contributed by atoms with Gasteiger partial charge in [-0.15, -0.1) is 12.4 Å². The second-order valence-corrected chi connectivity index (χ2v) is 7.62. The third-order valence-electron chi connectivity index (χ3n) is 4.59. The van der Waals surface area contributed by atoms with Gasteiger partial charge in [-0.1, -0.05) is 11.6 Å². The summed E-state index contributed by atoms with van der Waals surface area (Å²) in [6.07, 6.45) is -7.51. The lowest BCUT2D eigenvalue weighted by Crippen LogP contribution is -2.05. The number of nitrogens with zero attached hydrogens (tertiary/aromatic N) is 4. The van der Waals surface area contributed by atoms with Gasteiger partial charge >= 0.3 is 12.4 Å². The van der Waals surface area contributed by atoms with Gasteiger partial charge in [0.1, 0.15) is 5.15 Å². The number of pyridine rings is 4. The number of aromatic nitrogens is 4. The molecule has 0 fully saturated rings. The average molecular weight is 584 g/mol. The van der Waals surface area contributed by atoms with Gasteiger partial charge in [0.05, 0.1) is 28.2 Å². The Bertz CT molecular complexity index is 1340. The van der Waals surface area contributed by atoms with E-state index in [9.17, 15) is 35.1 Å². The maximum absolute atomic E-state index is 13.2. The Hall–Kier alpha value is -3.42. The van der Waals surface area contributed by atoms with E-state index in [1.807, 2.05) is 0 Å². The van der Waals surface area contributed by atoms with Crippen LogP contribution in [0.4, 0.5) is 35.1 Å². The summed E-state index contributed by atoms with van der Waals surface area (Å²) in [4.78, 5) is 14.1. The maximum atomic E-state index is 13.2. The Morgan fingerprint density at radius 1 is 0.684 bits per heavy atom. The molecule has 4 aromatic heterocycles. The molecule has 4 heterocycles. The van der Waals surface area contributed by atoms with Gasteiger partial charge in [0.2, 0.25) is 11.9 Å². The van der Waals surface area contributed by atoms with Crippen molar-refractivity contribution in [3.8, 4) is 22.5 Å². The van der Waals surface area contributed by atoms with Crippen LogP contribution < -0.4 is 5.73 Å². The van der Waals surface area contributed by atoms with E-state index < -0.39 is 35.4 Å². The van der Waals surface area contributed by atoms with Gasteiger partial charge in [-0.25, -0.2) is 9.97 Å². The molecule has 4 aromatic rings. The molecule has 5 nitrogen and oxygen atoms in total. The van der Waals surface area contributed by atoms with Crippen molar-refractivity contribution < 1.29 is 35.1 Å². The van der Waals surface area contributed by atoms with Gasteiger partial charge in [0, 0.05) is 42.2 Å². The molecule has 0 aromatic carbocycles. The number of nitrogens with two attached hydrogens (primary N) is 1. The summed E-state index contributed by atoms with van der Waals surface area (Å²) in [6, 6.07) is 9.03. The first kappa shape index (κ1) is 30.8. The summed E-state index contributed by atoms with van der Waals surface area (Å²) in [5.41, 5.74) is 4.94. The van der Waals surface area contributed by atoms with Crippen molar-refractivity contribution in [2.75, 3.05) is 0 Å².